The summed E-state index contributed by atoms with van der Waals surface area (Å²) in [5.41, 5.74) is 1.64. The molecule has 1 aromatic heterocycles. The number of ether oxygens (including phenoxy) is 1. The number of esters is 1. The van der Waals surface area contributed by atoms with Crippen LogP contribution in [-0.4, -0.2) is 46.0 Å². The third-order valence-electron chi connectivity index (χ3n) is 6.38. The molecule has 9 heteroatoms. The molecule has 1 aliphatic carbocycles. The summed E-state index contributed by atoms with van der Waals surface area (Å²) < 4.78 is 48.1. The van der Waals surface area contributed by atoms with Gasteiger partial charge < -0.3 is 19.8 Å². The molecule has 0 bridgehead atoms. The van der Waals surface area contributed by atoms with Gasteiger partial charge in [-0.25, -0.2) is 13.2 Å². The van der Waals surface area contributed by atoms with Crippen molar-refractivity contribution in [2.75, 3.05) is 11.9 Å². The van der Waals surface area contributed by atoms with Gasteiger partial charge in [0.05, 0.1) is 41.2 Å². The molecule has 2 N–H and O–H groups in total. The van der Waals surface area contributed by atoms with Crippen molar-refractivity contribution in [3.63, 3.8) is 0 Å². The average Bonchev–Trinajstić information content (AvgIpc) is 3.65. The van der Waals surface area contributed by atoms with Crippen molar-refractivity contribution in [2.24, 2.45) is 0 Å². The Morgan fingerprint density at radius 3 is 2.44 bits per heavy atom. The molecular formula is C30H33F3N2O4. The first-order valence-electron chi connectivity index (χ1n) is 12.9. The number of benzene rings is 2. The number of nitrogens with zero attached hydrogens (tertiary/aromatic N) is 2. The first kappa shape index (κ1) is 28.6. The van der Waals surface area contributed by atoms with E-state index in [1.165, 1.54) is 29.2 Å². The summed E-state index contributed by atoms with van der Waals surface area (Å²) in [4.78, 5) is 18.3. The second kappa shape index (κ2) is 11.4. The quantitative estimate of drug-likeness (QED) is 0.316. The van der Waals surface area contributed by atoms with E-state index in [4.69, 9.17) is 9.72 Å². The Balaban J connectivity index is 1.71. The van der Waals surface area contributed by atoms with Crippen LogP contribution in [-0.2, 0) is 9.53 Å². The van der Waals surface area contributed by atoms with Gasteiger partial charge in [-0.1, -0.05) is 12.2 Å². The fraction of sp³-hybridized carbons (Fsp3) is 0.400. The minimum Gasteiger partial charge on any atom is -0.460 e. The molecule has 6 nitrogen and oxygen atoms in total. The van der Waals surface area contributed by atoms with E-state index in [1.54, 1.807) is 40.0 Å². The second-order valence-electron chi connectivity index (χ2n) is 11.0. The molecule has 0 spiro atoms. The van der Waals surface area contributed by atoms with Gasteiger partial charge in [-0.15, -0.1) is 0 Å². The third-order valence-corrected chi connectivity index (χ3v) is 6.38. The summed E-state index contributed by atoms with van der Waals surface area (Å²) >= 11 is 0. The highest BCUT2D eigenvalue weighted by molar-refractivity contribution is 5.99. The predicted octanol–water partition coefficient (Wildman–Crippen LogP) is 6.15. The largest absolute Gasteiger partial charge is 0.460 e. The fourth-order valence-electron chi connectivity index (χ4n) is 4.54. The van der Waals surface area contributed by atoms with E-state index >= 15 is 0 Å². The molecule has 0 saturated heterocycles. The van der Waals surface area contributed by atoms with Gasteiger partial charge >= 0.3 is 5.97 Å². The maximum atomic E-state index is 14.8. The van der Waals surface area contributed by atoms with Crippen LogP contribution in [0.3, 0.4) is 0 Å². The summed E-state index contributed by atoms with van der Waals surface area (Å²) in [7, 11) is 1.60. The summed E-state index contributed by atoms with van der Waals surface area (Å²) in [5.74, 6) is -2.44. The molecule has 0 unspecified atom stereocenters. The lowest BCUT2D eigenvalue weighted by Crippen LogP contribution is -2.27. The van der Waals surface area contributed by atoms with Crippen LogP contribution >= 0.6 is 0 Å². The van der Waals surface area contributed by atoms with Gasteiger partial charge in [0.15, 0.2) is 0 Å². The minimum atomic E-state index is -1.14. The number of aromatic nitrogens is 1. The normalized spacial score (nSPS) is 15.5. The fourth-order valence-corrected chi connectivity index (χ4v) is 4.54. The third kappa shape index (κ3) is 7.16. The zero-order valence-corrected chi connectivity index (χ0v) is 22.4. The van der Waals surface area contributed by atoms with E-state index < -0.39 is 41.2 Å². The van der Waals surface area contributed by atoms with Gasteiger partial charge in [-0.3, -0.25) is 9.78 Å². The Hall–Kier alpha value is -3.43. The monoisotopic (exact) mass is 542 g/mol. The molecule has 0 radical (unpaired) electrons. The lowest BCUT2D eigenvalue weighted by molar-refractivity contribution is -0.157. The number of pyridine rings is 1. The number of aliphatic hydroxyl groups is 2. The number of anilines is 2. The SMILES string of the molecule is CN(c1ccc(F)cc1F)c1c(/C=C/[C@@H](O)C[C@@H](O)CC(=O)OC(C)(C)C)c(C2CC2)nc2ccc(F)cc12. The molecule has 1 heterocycles. The zero-order chi connectivity index (χ0) is 28.5. The molecule has 1 fully saturated rings. The number of rotatable bonds is 9. The molecule has 2 aromatic carbocycles. The molecule has 0 amide bonds. The van der Waals surface area contributed by atoms with Crippen molar-refractivity contribution < 1.29 is 32.9 Å². The highest BCUT2D eigenvalue weighted by atomic mass is 19.1. The van der Waals surface area contributed by atoms with E-state index in [9.17, 15) is 28.2 Å². The number of hydrogen-bond donors (Lipinski definition) is 2. The van der Waals surface area contributed by atoms with Crippen molar-refractivity contribution in [3.05, 3.63) is 71.2 Å². The van der Waals surface area contributed by atoms with Crippen molar-refractivity contribution in [1.82, 2.24) is 4.98 Å². The molecule has 3 aromatic rings. The molecule has 208 valence electrons. The molecule has 0 aliphatic heterocycles. The first-order chi connectivity index (χ1) is 18.3. The number of hydrogen-bond acceptors (Lipinski definition) is 6. The van der Waals surface area contributed by atoms with Crippen molar-refractivity contribution >= 4 is 34.3 Å². The van der Waals surface area contributed by atoms with Crippen molar-refractivity contribution in [3.8, 4) is 0 Å². The minimum absolute atomic E-state index is 0.0814. The number of carbonyl (C=O) groups is 1. The Kier molecular flexibility index (Phi) is 8.32. The molecule has 4 rings (SSSR count). The van der Waals surface area contributed by atoms with Gasteiger partial charge in [0.25, 0.3) is 0 Å². The first-order valence-corrected chi connectivity index (χ1v) is 12.9. The molecule has 1 aliphatic rings. The highest BCUT2D eigenvalue weighted by Gasteiger charge is 2.31. The standard InChI is InChI=1S/C30H33F3N2O4/c1-30(2,3)39-27(38)16-21(37)15-20(36)9-10-22-28(17-5-6-17)34-25-11-7-18(31)13-23(25)29(22)35(4)26-12-8-19(32)14-24(26)33/h7-14,17,20-21,36-37H,5-6,15-16H2,1-4H3/b10-9+/t20-,21-/m1/s1. The van der Waals surface area contributed by atoms with Crippen molar-refractivity contribution in [2.45, 2.75) is 70.2 Å². The van der Waals surface area contributed by atoms with Crippen LogP contribution in [0.15, 0.2) is 42.5 Å². The Morgan fingerprint density at radius 1 is 1.13 bits per heavy atom. The highest BCUT2D eigenvalue weighted by Crippen LogP contribution is 2.46. The van der Waals surface area contributed by atoms with E-state index in [0.717, 1.165) is 30.7 Å². The van der Waals surface area contributed by atoms with Crippen LogP contribution < -0.4 is 4.90 Å². The van der Waals surface area contributed by atoms with E-state index in [2.05, 4.69) is 0 Å². The maximum absolute atomic E-state index is 14.8. The summed E-state index contributed by atoms with van der Waals surface area (Å²) in [6.45, 7) is 5.17. The maximum Gasteiger partial charge on any atom is 0.308 e. The van der Waals surface area contributed by atoms with E-state index in [-0.39, 0.29) is 24.4 Å². The van der Waals surface area contributed by atoms with Crippen LogP contribution in [0.5, 0.6) is 0 Å². The smallest absolute Gasteiger partial charge is 0.308 e. The molecule has 39 heavy (non-hydrogen) atoms. The Labute approximate surface area is 225 Å². The number of aliphatic hydroxyl groups excluding tert-OH is 2. The number of halogens is 3. The number of carbonyl (C=O) groups excluding carboxylic acids is 1. The Morgan fingerprint density at radius 2 is 1.79 bits per heavy atom. The molecule has 2 atom stereocenters. The lowest BCUT2D eigenvalue weighted by atomic mass is 9.99. The molecule has 1 saturated carbocycles. The van der Waals surface area contributed by atoms with Gasteiger partial charge in [0, 0.05) is 36.4 Å². The van der Waals surface area contributed by atoms with E-state index in [1.807, 2.05) is 0 Å². The van der Waals surface area contributed by atoms with Crippen LogP contribution in [0.2, 0.25) is 0 Å². The summed E-state index contributed by atoms with van der Waals surface area (Å²) in [6, 6.07) is 7.41. The van der Waals surface area contributed by atoms with Gasteiger partial charge in [-0.2, -0.15) is 0 Å². The van der Waals surface area contributed by atoms with Crippen LogP contribution in [0, 0.1) is 17.5 Å². The number of fused-ring (bicyclic) bond motifs is 1. The summed E-state index contributed by atoms with van der Waals surface area (Å²) in [6.07, 6.45) is 2.22. The lowest BCUT2D eigenvalue weighted by Gasteiger charge is -2.26. The molecular weight excluding hydrogens is 509 g/mol. The summed E-state index contributed by atoms with van der Waals surface area (Å²) in [5, 5.41) is 21.4. The predicted molar refractivity (Wildman–Crippen MR) is 144 cm³/mol. The van der Waals surface area contributed by atoms with Crippen LogP contribution in [0.4, 0.5) is 24.5 Å². The Bertz CT molecular complexity index is 1400. The van der Waals surface area contributed by atoms with E-state index in [0.29, 0.717) is 22.2 Å². The second-order valence-corrected chi connectivity index (χ2v) is 11.0. The van der Waals surface area contributed by atoms with Crippen LogP contribution in [0.1, 0.15) is 63.6 Å². The van der Waals surface area contributed by atoms with Crippen molar-refractivity contribution in [1.29, 1.82) is 0 Å². The van der Waals surface area contributed by atoms with Gasteiger partial charge in [0.2, 0.25) is 0 Å². The van der Waals surface area contributed by atoms with Gasteiger partial charge in [0.1, 0.15) is 23.1 Å². The van der Waals surface area contributed by atoms with Gasteiger partial charge in [-0.05, 0) is 63.9 Å². The topological polar surface area (TPSA) is 82.9 Å². The average molecular weight is 543 g/mol. The zero-order valence-electron chi connectivity index (χ0n) is 22.4. The van der Waals surface area contributed by atoms with Crippen LogP contribution in [0.25, 0.3) is 17.0 Å².